The van der Waals surface area contributed by atoms with Crippen molar-refractivity contribution in [2.75, 3.05) is 7.11 Å². The molecule has 0 fully saturated rings. The van der Waals surface area contributed by atoms with Gasteiger partial charge in [0, 0.05) is 27.9 Å². The van der Waals surface area contributed by atoms with Gasteiger partial charge in [-0.2, -0.15) is 0 Å². The van der Waals surface area contributed by atoms with Crippen LogP contribution in [0.2, 0.25) is 5.02 Å². The summed E-state index contributed by atoms with van der Waals surface area (Å²) in [5, 5.41) is 2.38. The molecule has 5 heteroatoms. The van der Waals surface area contributed by atoms with Crippen LogP contribution in [0.5, 0.6) is 5.75 Å². The molecule has 4 aromatic carbocycles. The van der Waals surface area contributed by atoms with E-state index in [1.54, 1.807) is 13.2 Å². The second-order valence-corrected chi connectivity index (χ2v) is 8.09. The fourth-order valence-corrected chi connectivity index (χ4v) is 4.32. The third kappa shape index (κ3) is 3.49. The number of ether oxygens (including phenoxy) is 1. The monoisotopic (exact) mass is 439 g/mol. The van der Waals surface area contributed by atoms with Gasteiger partial charge in [0.25, 0.3) is 0 Å². The summed E-state index contributed by atoms with van der Waals surface area (Å²) in [4.78, 5) is 12.2. The van der Waals surface area contributed by atoms with Gasteiger partial charge < -0.3 is 15.0 Å². The number of methoxy groups -OCH3 is 1. The maximum atomic E-state index is 12.2. The maximum absolute atomic E-state index is 12.2. The lowest BCUT2D eigenvalue weighted by Crippen LogP contribution is -2.11. The molecule has 5 aromatic rings. The van der Waals surface area contributed by atoms with Crippen LogP contribution < -0.4 is 10.5 Å². The Balaban J connectivity index is 1.77. The van der Waals surface area contributed by atoms with Crippen molar-refractivity contribution in [2.24, 2.45) is 5.73 Å². The molecule has 1 heterocycles. The van der Waals surface area contributed by atoms with Crippen LogP contribution in [0.25, 0.3) is 32.9 Å². The van der Waals surface area contributed by atoms with Gasteiger partial charge in [-0.25, -0.2) is 0 Å². The smallest absolute Gasteiger partial charge is 0.249 e. The first-order chi connectivity index (χ1) is 15.5. The van der Waals surface area contributed by atoms with E-state index in [1.807, 2.05) is 60.7 Å². The first-order valence-corrected chi connectivity index (χ1v) is 10.6. The summed E-state index contributed by atoms with van der Waals surface area (Å²) in [6, 6.07) is 28.8. The Morgan fingerprint density at radius 1 is 1.00 bits per heavy atom. The Hall–Kier alpha value is -3.76. The number of nitrogens with zero attached hydrogens (tertiary/aromatic N) is 1. The zero-order chi connectivity index (χ0) is 22.2. The molecule has 1 radical (unpaired) electrons. The van der Waals surface area contributed by atoms with E-state index < -0.39 is 5.91 Å². The molecule has 0 aliphatic rings. The van der Waals surface area contributed by atoms with Gasteiger partial charge in [0.05, 0.1) is 18.1 Å². The second kappa shape index (κ2) is 8.06. The van der Waals surface area contributed by atoms with E-state index in [0.29, 0.717) is 17.1 Å². The molecule has 4 nitrogen and oxygen atoms in total. The second-order valence-electron chi connectivity index (χ2n) is 7.66. The van der Waals surface area contributed by atoms with Gasteiger partial charge in [-0.1, -0.05) is 41.9 Å². The van der Waals surface area contributed by atoms with Crippen molar-refractivity contribution in [1.82, 2.24) is 4.57 Å². The number of carbonyl (C=O) groups excluding carboxylic acids is 1. The summed E-state index contributed by atoms with van der Waals surface area (Å²) in [5.41, 5.74) is 11.3. The first kappa shape index (κ1) is 20.2. The van der Waals surface area contributed by atoms with Crippen LogP contribution in [0.15, 0.2) is 78.9 Å². The number of carbonyl (C=O) groups is 1. The van der Waals surface area contributed by atoms with Gasteiger partial charge >= 0.3 is 0 Å². The number of hydrogen-bond donors (Lipinski definition) is 1. The number of fused-ring (bicyclic) bond motifs is 3. The summed E-state index contributed by atoms with van der Waals surface area (Å²) >= 11 is 6.07. The molecule has 0 unspecified atom stereocenters. The molecule has 0 aliphatic heterocycles. The topological polar surface area (TPSA) is 57.2 Å². The average molecular weight is 440 g/mol. The summed E-state index contributed by atoms with van der Waals surface area (Å²) in [7, 11) is 1.66. The lowest BCUT2D eigenvalue weighted by molar-refractivity contribution is 0.100. The van der Waals surface area contributed by atoms with Gasteiger partial charge in [-0.05, 0) is 71.3 Å². The number of benzene rings is 4. The Morgan fingerprint density at radius 3 is 2.53 bits per heavy atom. The van der Waals surface area contributed by atoms with E-state index in [2.05, 4.69) is 22.8 Å². The summed E-state index contributed by atoms with van der Waals surface area (Å²) in [5.74, 6) is 0.348. The summed E-state index contributed by atoms with van der Waals surface area (Å²) < 4.78 is 7.59. The average Bonchev–Trinajstić information content (AvgIpc) is 3.12. The Labute approximate surface area is 190 Å². The van der Waals surface area contributed by atoms with E-state index in [0.717, 1.165) is 44.2 Å². The predicted molar refractivity (Wildman–Crippen MR) is 129 cm³/mol. The molecule has 0 aliphatic carbocycles. The summed E-state index contributed by atoms with van der Waals surface area (Å²) in [6.07, 6.45) is 0. The number of primary amides is 1. The van der Waals surface area contributed by atoms with E-state index in [-0.39, 0.29) is 0 Å². The quantitative estimate of drug-likeness (QED) is 0.361. The van der Waals surface area contributed by atoms with Crippen molar-refractivity contribution in [2.45, 2.75) is 6.54 Å². The van der Waals surface area contributed by atoms with Crippen molar-refractivity contribution in [3.8, 4) is 16.9 Å². The molecule has 5 rings (SSSR count). The molecule has 32 heavy (non-hydrogen) atoms. The van der Waals surface area contributed by atoms with Gasteiger partial charge in [-0.15, -0.1) is 0 Å². The van der Waals surface area contributed by atoms with Crippen molar-refractivity contribution in [1.29, 1.82) is 0 Å². The highest BCUT2D eigenvalue weighted by Crippen LogP contribution is 2.35. The molecular weight excluding hydrogens is 420 g/mol. The largest absolute Gasteiger partial charge is 0.497 e. The van der Waals surface area contributed by atoms with Crippen LogP contribution in [0.4, 0.5) is 0 Å². The number of rotatable bonds is 5. The van der Waals surface area contributed by atoms with E-state index in [1.165, 1.54) is 0 Å². The number of amides is 1. The van der Waals surface area contributed by atoms with E-state index in [4.69, 9.17) is 22.1 Å². The predicted octanol–water partition coefficient (Wildman–Crippen LogP) is 6.07. The van der Waals surface area contributed by atoms with Crippen LogP contribution in [-0.4, -0.2) is 17.6 Å². The van der Waals surface area contributed by atoms with E-state index >= 15 is 0 Å². The van der Waals surface area contributed by atoms with Crippen molar-refractivity contribution >= 4 is 39.3 Å². The molecule has 2 N–H and O–H groups in total. The van der Waals surface area contributed by atoms with Gasteiger partial charge in [0.15, 0.2) is 0 Å². The lowest BCUT2D eigenvalue weighted by atomic mass is 10.0. The SMILES string of the molecule is COc1cccc(Cn2c3cc(-c4ccc(Cl)cc4)c[c]c3c3c(C(N)=O)cccc32)c1. The maximum Gasteiger partial charge on any atom is 0.249 e. The zero-order valence-electron chi connectivity index (χ0n) is 17.4. The Morgan fingerprint density at radius 2 is 1.78 bits per heavy atom. The number of aromatic nitrogens is 1. The summed E-state index contributed by atoms with van der Waals surface area (Å²) in [6.45, 7) is 0.608. The van der Waals surface area contributed by atoms with Crippen LogP contribution >= 0.6 is 11.6 Å². The molecule has 0 saturated heterocycles. The highest BCUT2D eigenvalue weighted by Gasteiger charge is 2.17. The Kier molecular flexibility index (Phi) is 5.08. The van der Waals surface area contributed by atoms with Crippen molar-refractivity contribution in [3.63, 3.8) is 0 Å². The standard InChI is InChI=1S/C27H20ClN2O2/c1-32-21-5-2-4-17(14-21)16-30-24-7-3-6-23(27(29)31)26(24)22-13-10-19(15-25(22)30)18-8-11-20(28)12-9-18/h2-12,14-15H,16H2,1H3,(H2,29,31). The molecule has 0 bridgehead atoms. The van der Waals surface area contributed by atoms with E-state index in [9.17, 15) is 4.79 Å². The molecule has 0 spiro atoms. The highest BCUT2D eigenvalue weighted by molar-refractivity contribution is 6.30. The molecule has 0 saturated carbocycles. The van der Waals surface area contributed by atoms with Crippen LogP contribution in [0, 0.1) is 6.07 Å². The fraction of sp³-hybridized carbons (Fsp3) is 0.0741. The molecule has 1 amide bonds. The van der Waals surface area contributed by atoms with Gasteiger partial charge in [0.1, 0.15) is 5.75 Å². The minimum Gasteiger partial charge on any atom is -0.497 e. The number of nitrogens with two attached hydrogens (primary N) is 1. The number of halogens is 1. The third-order valence-corrected chi connectivity index (χ3v) is 5.96. The third-order valence-electron chi connectivity index (χ3n) is 5.71. The number of hydrogen-bond acceptors (Lipinski definition) is 2. The minimum absolute atomic E-state index is 0.453. The van der Waals surface area contributed by atoms with Crippen molar-refractivity contribution in [3.05, 3.63) is 101 Å². The zero-order valence-corrected chi connectivity index (χ0v) is 18.2. The first-order valence-electron chi connectivity index (χ1n) is 10.2. The Bertz CT molecular complexity index is 1470. The lowest BCUT2D eigenvalue weighted by Gasteiger charge is -2.10. The molecule has 0 atom stereocenters. The highest BCUT2D eigenvalue weighted by atomic mass is 35.5. The normalized spacial score (nSPS) is 11.2. The minimum atomic E-state index is -0.453. The van der Waals surface area contributed by atoms with Crippen LogP contribution in [-0.2, 0) is 6.54 Å². The van der Waals surface area contributed by atoms with Gasteiger partial charge in [-0.3, -0.25) is 4.79 Å². The van der Waals surface area contributed by atoms with Crippen molar-refractivity contribution < 1.29 is 9.53 Å². The fourth-order valence-electron chi connectivity index (χ4n) is 4.19. The molecular formula is C27H20ClN2O2. The van der Waals surface area contributed by atoms with Crippen LogP contribution in [0.1, 0.15) is 15.9 Å². The van der Waals surface area contributed by atoms with Gasteiger partial charge in [0.2, 0.25) is 5.91 Å². The molecule has 157 valence electrons. The molecule has 1 aromatic heterocycles. The van der Waals surface area contributed by atoms with Crippen LogP contribution in [0.3, 0.4) is 0 Å².